The predicted molar refractivity (Wildman–Crippen MR) is 70.2 cm³/mol. The molecule has 84 valence electrons. The minimum Gasteiger partial charge on any atom is -0.383 e. The molecule has 0 aliphatic rings. The molecule has 16 heavy (non-hydrogen) atoms. The first-order valence-corrected chi connectivity index (χ1v) is 6.00. The van der Waals surface area contributed by atoms with Crippen molar-refractivity contribution in [2.75, 3.05) is 5.73 Å². The first kappa shape index (κ1) is 11.2. The van der Waals surface area contributed by atoms with Gasteiger partial charge in [0.1, 0.15) is 11.5 Å². The van der Waals surface area contributed by atoms with Crippen molar-refractivity contribution in [2.24, 2.45) is 0 Å². The predicted octanol–water partition coefficient (Wildman–Crippen LogP) is 3.22. The van der Waals surface area contributed by atoms with Gasteiger partial charge in [-0.25, -0.2) is 4.98 Å². The summed E-state index contributed by atoms with van der Waals surface area (Å²) in [5.41, 5.74) is 9.12. The molecular formula is C12H14BrN3. The molecule has 1 aromatic heterocycles. The normalized spacial score (nSPS) is 10.7. The molecule has 1 aromatic carbocycles. The second kappa shape index (κ2) is 4.29. The minimum absolute atomic E-state index is 0.715. The van der Waals surface area contributed by atoms with Crippen LogP contribution in [0.25, 0.3) is 11.3 Å². The van der Waals surface area contributed by atoms with Crippen LogP contribution in [-0.4, -0.2) is 9.55 Å². The summed E-state index contributed by atoms with van der Waals surface area (Å²) in [6.45, 7) is 4.94. The van der Waals surface area contributed by atoms with Crippen LogP contribution in [0.5, 0.6) is 0 Å². The lowest BCUT2D eigenvalue weighted by molar-refractivity contribution is 0.771. The summed E-state index contributed by atoms with van der Waals surface area (Å²) in [4.78, 5) is 4.36. The van der Waals surface area contributed by atoms with Crippen LogP contribution in [0.4, 0.5) is 5.82 Å². The van der Waals surface area contributed by atoms with E-state index >= 15 is 0 Å². The molecule has 0 aliphatic carbocycles. The van der Waals surface area contributed by atoms with Crippen LogP contribution in [0, 0.1) is 6.92 Å². The number of nitrogen functional groups attached to an aromatic ring is 1. The lowest BCUT2D eigenvalue weighted by atomic mass is 10.1. The molecule has 0 radical (unpaired) electrons. The molecule has 0 saturated heterocycles. The van der Waals surface area contributed by atoms with E-state index in [-0.39, 0.29) is 0 Å². The molecule has 2 aromatic rings. The third kappa shape index (κ3) is 1.85. The number of aromatic nitrogens is 2. The summed E-state index contributed by atoms with van der Waals surface area (Å²) in [6, 6.07) is 6.17. The lowest BCUT2D eigenvalue weighted by Crippen LogP contribution is -1.99. The van der Waals surface area contributed by atoms with E-state index in [9.17, 15) is 0 Å². The molecule has 2 rings (SSSR count). The van der Waals surface area contributed by atoms with Crippen LogP contribution >= 0.6 is 15.9 Å². The Morgan fingerprint density at radius 1 is 1.44 bits per heavy atom. The van der Waals surface area contributed by atoms with Gasteiger partial charge in [-0.05, 0) is 25.5 Å². The van der Waals surface area contributed by atoms with Gasteiger partial charge in [-0.15, -0.1) is 0 Å². The average molecular weight is 280 g/mol. The number of nitrogens with two attached hydrogens (primary N) is 1. The van der Waals surface area contributed by atoms with Gasteiger partial charge in [-0.3, -0.25) is 0 Å². The number of nitrogens with zero attached hydrogens (tertiary/aromatic N) is 2. The van der Waals surface area contributed by atoms with Crippen LogP contribution in [-0.2, 0) is 6.54 Å². The van der Waals surface area contributed by atoms with Crippen molar-refractivity contribution >= 4 is 21.7 Å². The van der Waals surface area contributed by atoms with Gasteiger partial charge in [0, 0.05) is 16.6 Å². The Hall–Kier alpha value is -1.29. The Balaban J connectivity index is 2.54. The van der Waals surface area contributed by atoms with Crippen LogP contribution in [0.3, 0.4) is 0 Å². The summed E-state index contributed by atoms with van der Waals surface area (Å²) in [6.07, 6.45) is 1.77. The van der Waals surface area contributed by atoms with Crippen molar-refractivity contribution in [1.82, 2.24) is 9.55 Å². The van der Waals surface area contributed by atoms with E-state index in [0.717, 1.165) is 22.3 Å². The summed E-state index contributed by atoms with van der Waals surface area (Å²) in [7, 11) is 0. The molecule has 2 N–H and O–H groups in total. The molecule has 0 saturated carbocycles. The fourth-order valence-electron chi connectivity index (χ4n) is 1.66. The van der Waals surface area contributed by atoms with Crippen molar-refractivity contribution < 1.29 is 0 Å². The number of benzene rings is 1. The van der Waals surface area contributed by atoms with Crippen LogP contribution in [0.15, 0.2) is 29.0 Å². The van der Waals surface area contributed by atoms with Crippen molar-refractivity contribution in [3.8, 4) is 11.3 Å². The first-order valence-electron chi connectivity index (χ1n) is 5.20. The van der Waals surface area contributed by atoms with Gasteiger partial charge >= 0.3 is 0 Å². The maximum Gasteiger partial charge on any atom is 0.131 e. The Bertz CT molecular complexity index is 517. The van der Waals surface area contributed by atoms with Gasteiger partial charge in [0.25, 0.3) is 0 Å². The molecule has 0 atom stereocenters. The van der Waals surface area contributed by atoms with E-state index in [1.807, 2.05) is 17.6 Å². The highest BCUT2D eigenvalue weighted by Gasteiger charge is 2.11. The zero-order chi connectivity index (χ0) is 11.7. The molecule has 0 aliphatic heterocycles. The number of halogens is 1. The van der Waals surface area contributed by atoms with Crippen LogP contribution in [0.1, 0.15) is 12.5 Å². The van der Waals surface area contributed by atoms with Gasteiger partial charge in [-0.1, -0.05) is 28.1 Å². The van der Waals surface area contributed by atoms with Crippen LogP contribution < -0.4 is 5.73 Å². The average Bonchev–Trinajstić information content (AvgIpc) is 2.60. The number of aryl methyl sites for hydroxylation is 2. The van der Waals surface area contributed by atoms with E-state index in [1.54, 1.807) is 6.33 Å². The number of hydrogen-bond acceptors (Lipinski definition) is 2. The van der Waals surface area contributed by atoms with Crippen LogP contribution in [0.2, 0.25) is 0 Å². The largest absolute Gasteiger partial charge is 0.383 e. The SMILES string of the molecule is CCn1cnc(-c2ccc(C)cc2Br)c1N. The highest BCUT2D eigenvalue weighted by Crippen LogP contribution is 2.31. The summed E-state index contributed by atoms with van der Waals surface area (Å²) < 4.78 is 2.96. The summed E-state index contributed by atoms with van der Waals surface area (Å²) in [5.74, 6) is 0.715. The molecule has 1 heterocycles. The van der Waals surface area contributed by atoms with Gasteiger partial charge in [0.05, 0.1) is 6.33 Å². The topological polar surface area (TPSA) is 43.8 Å². The molecule has 3 nitrogen and oxygen atoms in total. The smallest absolute Gasteiger partial charge is 0.131 e. The number of anilines is 1. The third-order valence-corrected chi connectivity index (χ3v) is 3.25. The molecule has 0 bridgehead atoms. The monoisotopic (exact) mass is 279 g/mol. The van der Waals surface area contributed by atoms with Gasteiger partial charge < -0.3 is 10.3 Å². The van der Waals surface area contributed by atoms with Crippen molar-refractivity contribution in [3.05, 3.63) is 34.6 Å². The van der Waals surface area contributed by atoms with Gasteiger partial charge in [0.15, 0.2) is 0 Å². The van der Waals surface area contributed by atoms with Crippen molar-refractivity contribution in [2.45, 2.75) is 20.4 Å². The fraction of sp³-hybridized carbons (Fsp3) is 0.250. The van der Waals surface area contributed by atoms with Gasteiger partial charge in [-0.2, -0.15) is 0 Å². The van der Waals surface area contributed by atoms with E-state index in [2.05, 4.69) is 40.0 Å². The molecule has 4 heteroatoms. The maximum atomic E-state index is 6.03. The first-order chi connectivity index (χ1) is 7.63. The van der Waals surface area contributed by atoms with Crippen molar-refractivity contribution in [3.63, 3.8) is 0 Å². The molecule has 0 fully saturated rings. The highest BCUT2D eigenvalue weighted by atomic mass is 79.9. The number of hydrogen-bond donors (Lipinski definition) is 1. The molecular weight excluding hydrogens is 266 g/mol. The highest BCUT2D eigenvalue weighted by molar-refractivity contribution is 9.10. The standard InChI is InChI=1S/C12H14BrN3/c1-3-16-7-15-11(12(16)14)9-5-4-8(2)6-10(9)13/h4-7H,3,14H2,1-2H3. The number of imidazole rings is 1. The third-order valence-electron chi connectivity index (χ3n) is 2.60. The second-order valence-electron chi connectivity index (χ2n) is 3.75. The zero-order valence-corrected chi connectivity index (χ0v) is 11.0. The minimum atomic E-state index is 0.715. The van der Waals surface area contributed by atoms with E-state index < -0.39 is 0 Å². The summed E-state index contributed by atoms with van der Waals surface area (Å²) >= 11 is 3.54. The molecule has 0 spiro atoms. The Morgan fingerprint density at radius 2 is 2.19 bits per heavy atom. The zero-order valence-electron chi connectivity index (χ0n) is 9.37. The Morgan fingerprint density at radius 3 is 2.75 bits per heavy atom. The molecule has 0 amide bonds. The van der Waals surface area contributed by atoms with E-state index in [4.69, 9.17) is 5.73 Å². The summed E-state index contributed by atoms with van der Waals surface area (Å²) in [5, 5.41) is 0. The maximum absolute atomic E-state index is 6.03. The second-order valence-corrected chi connectivity index (χ2v) is 4.60. The van der Waals surface area contributed by atoms with Gasteiger partial charge in [0.2, 0.25) is 0 Å². The van der Waals surface area contributed by atoms with Crippen molar-refractivity contribution in [1.29, 1.82) is 0 Å². The molecule has 0 unspecified atom stereocenters. The van der Waals surface area contributed by atoms with E-state index in [1.165, 1.54) is 5.56 Å². The number of rotatable bonds is 2. The lowest BCUT2D eigenvalue weighted by Gasteiger charge is -2.05. The van der Waals surface area contributed by atoms with E-state index in [0.29, 0.717) is 5.82 Å². The Kier molecular flexibility index (Phi) is 3.01. The Labute approximate surface area is 103 Å². The quantitative estimate of drug-likeness (QED) is 0.917. The fourth-order valence-corrected chi connectivity index (χ4v) is 2.34.